The standard InChI is InChI=1S/C24H20BrClN2O2S/c1-14-11-18(16(3)28(14)21-10-6-9-20(26)15(21)2)12-22-23(29)27(24(30)31-22)13-17-7-4-5-8-19(17)25/h4-12H,13H2,1-3H3/b22-12-. The number of thioether (sulfide) groups is 1. The molecular weight excluding hydrogens is 496 g/mol. The van der Waals surface area contributed by atoms with E-state index >= 15 is 0 Å². The Hall–Kier alpha value is -2.28. The first kappa shape index (κ1) is 21.9. The molecule has 0 bridgehead atoms. The molecule has 1 aliphatic rings. The van der Waals surface area contributed by atoms with Crippen LogP contribution in [0.3, 0.4) is 0 Å². The van der Waals surface area contributed by atoms with Gasteiger partial charge in [-0.25, -0.2) is 0 Å². The van der Waals surface area contributed by atoms with E-state index in [2.05, 4.69) is 20.5 Å². The Morgan fingerprint density at radius 2 is 1.81 bits per heavy atom. The Kier molecular flexibility index (Phi) is 6.15. The topological polar surface area (TPSA) is 42.3 Å². The van der Waals surface area contributed by atoms with Crippen molar-refractivity contribution in [3.05, 3.63) is 91.0 Å². The average molecular weight is 516 g/mol. The van der Waals surface area contributed by atoms with Gasteiger partial charge in [0.05, 0.1) is 11.4 Å². The van der Waals surface area contributed by atoms with Crippen molar-refractivity contribution in [3.63, 3.8) is 0 Å². The normalized spacial score (nSPS) is 15.4. The predicted molar refractivity (Wildman–Crippen MR) is 131 cm³/mol. The Labute approximate surface area is 199 Å². The maximum atomic E-state index is 13.0. The monoisotopic (exact) mass is 514 g/mol. The van der Waals surface area contributed by atoms with Crippen molar-refractivity contribution >= 4 is 56.5 Å². The van der Waals surface area contributed by atoms with Crippen molar-refractivity contribution in [2.75, 3.05) is 0 Å². The van der Waals surface area contributed by atoms with E-state index in [1.54, 1.807) is 0 Å². The molecule has 158 valence electrons. The molecule has 1 aliphatic heterocycles. The highest BCUT2D eigenvalue weighted by molar-refractivity contribution is 9.10. The smallest absolute Gasteiger partial charge is 0.293 e. The van der Waals surface area contributed by atoms with Gasteiger partial charge in [-0.05, 0) is 79.6 Å². The molecule has 2 amide bonds. The summed E-state index contributed by atoms with van der Waals surface area (Å²) in [6, 6.07) is 15.4. The molecule has 1 aromatic heterocycles. The minimum atomic E-state index is -0.269. The molecule has 0 saturated carbocycles. The summed E-state index contributed by atoms with van der Waals surface area (Å²) in [5, 5.41) is 0.450. The molecule has 0 spiro atoms. The van der Waals surface area contributed by atoms with Crippen molar-refractivity contribution in [2.45, 2.75) is 27.3 Å². The first-order valence-electron chi connectivity index (χ1n) is 9.71. The van der Waals surface area contributed by atoms with Crippen molar-refractivity contribution in [1.29, 1.82) is 0 Å². The largest absolute Gasteiger partial charge is 0.318 e. The van der Waals surface area contributed by atoms with Gasteiger partial charge in [0, 0.05) is 26.6 Å². The van der Waals surface area contributed by atoms with Crippen LogP contribution in [-0.2, 0) is 11.3 Å². The maximum Gasteiger partial charge on any atom is 0.293 e. The first-order chi connectivity index (χ1) is 14.8. The molecule has 0 atom stereocenters. The summed E-state index contributed by atoms with van der Waals surface area (Å²) in [6.45, 7) is 6.25. The number of aryl methyl sites for hydroxylation is 1. The number of carbonyl (C=O) groups is 2. The number of hydrogen-bond acceptors (Lipinski definition) is 3. The predicted octanol–water partition coefficient (Wildman–Crippen LogP) is 7.05. The first-order valence-corrected chi connectivity index (χ1v) is 11.7. The van der Waals surface area contributed by atoms with Gasteiger partial charge >= 0.3 is 0 Å². The molecule has 0 unspecified atom stereocenters. The van der Waals surface area contributed by atoms with Gasteiger partial charge in [-0.1, -0.05) is 51.8 Å². The number of nitrogens with zero attached hydrogens (tertiary/aromatic N) is 2. The lowest BCUT2D eigenvalue weighted by molar-refractivity contribution is -0.123. The second kappa shape index (κ2) is 8.69. The lowest BCUT2D eigenvalue weighted by Crippen LogP contribution is -2.27. The molecule has 31 heavy (non-hydrogen) atoms. The van der Waals surface area contributed by atoms with Crippen LogP contribution in [0.15, 0.2) is 57.9 Å². The van der Waals surface area contributed by atoms with Crippen LogP contribution in [0, 0.1) is 20.8 Å². The molecule has 1 saturated heterocycles. The number of benzene rings is 2. The highest BCUT2D eigenvalue weighted by Gasteiger charge is 2.35. The SMILES string of the molecule is Cc1c(Cl)cccc1-n1c(C)cc(/C=C2\SC(=O)N(Cc3ccccc3Br)C2=O)c1C. The summed E-state index contributed by atoms with van der Waals surface area (Å²) in [6.07, 6.45) is 1.81. The van der Waals surface area contributed by atoms with Crippen molar-refractivity contribution < 1.29 is 9.59 Å². The number of carbonyl (C=O) groups excluding carboxylic acids is 2. The maximum absolute atomic E-state index is 13.0. The van der Waals surface area contributed by atoms with Gasteiger partial charge in [-0.2, -0.15) is 0 Å². The highest BCUT2D eigenvalue weighted by Crippen LogP contribution is 2.36. The van der Waals surface area contributed by atoms with Crippen LogP contribution in [0.1, 0.15) is 28.1 Å². The zero-order valence-electron chi connectivity index (χ0n) is 17.3. The van der Waals surface area contributed by atoms with Crippen LogP contribution in [0.5, 0.6) is 0 Å². The van der Waals surface area contributed by atoms with E-state index < -0.39 is 0 Å². The molecule has 1 fully saturated rings. The average Bonchev–Trinajstić information content (AvgIpc) is 3.15. The van der Waals surface area contributed by atoms with E-state index in [0.717, 1.165) is 50.0 Å². The molecule has 2 aromatic carbocycles. The van der Waals surface area contributed by atoms with Crippen LogP contribution in [0.4, 0.5) is 4.79 Å². The van der Waals surface area contributed by atoms with Gasteiger partial charge in [-0.15, -0.1) is 0 Å². The summed E-state index contributed by atoms with van der Waals surface area (Å²) in [4.78, 5) is 27.3. The van der Waals surface area contributed by atoms with Crippen LogP contribution in [-0.4, -0.2) is 20.6 Å². The van der Waals surface area contributed by atoms with Gasteiger partial charge in [0.2, 0.25) is 0 Å². The third-order valence-electron chi connectivity index (χ3n) is 5.40. The van der Waals surface area contributed by atoms with Gasteiger partial charge in [0.15, 0.2) is 0 Å². The third-order valence-corrected chi connectivity index (χ3v) is 7.49. The number of aromatic nitrogens is 1. The summed E-state index contributed by atoms with van der Waals surface area (Å²) in [5.74, 6) is -0.269. The number of amides is 2. The number of rotatable bonds is 4. The molecule has 7 heteroatoms. The molecule has 3 aromatic rings. The van der Waals surface area contributed by atoms with E-state index in [1.807, 2.05) is 75.4 Å². The molecular formula is C24H20BrClN2O2S. The summed E-state index contributed by atoms with van der Waals surface area (Å²) in [7, 11) is 0. The lowest BCUT2D eigenvalue weighted by atomic mass is 10.2. The van der Waals surface area contributed by atoms with Crippen molar-refractivity contribution in [3.8, 4) is 5.69 Å². The molecule has 0 aliphatic carbocycles. The Morgan fingerprint density at radius 3 is 2.55 bits per heavy atom. The van der Waals surface area contributed by atoms with Gasteiger partial charge in [-0.3, -0.25) is 14.5 Å². The minimum Gasteiger partial charge on any atom is -0.318 e. The van der Waals surface area contributed by atoms with E-state index in [4.69, 9.17) is 11.6 Å². The quantitative estimate of drug-likeness (QED) is 0.349. The van der Waals surface area contributed by atoms with Gasteiger partial charge in [0.25, 0.3) is 11.1 Å². The van der Waals surface area contributed by atoms with E-state index in [9.17, 15) is 9.59 Å². The van der Waals surface area contributed by atoms with Crippen LogP contribution in [0.2, 0.25) is 5.02 Å². The Bertz CT molecular complexity index is 1250. The Balaban J connectivity index is 1.67. The Morgan fingerprint density at radius 1 is 1.06 bits per heavy atom. The fraction of sp³-hybridized carbons (Fsp3) is 0.167. The van der Waals surface area contributed by atoms with E-state index in [-0.39, 0.29) is 17.7 Å². The molecule has 2 heterocycles. The molecule has 4 nitrogen and oxygen atoms in total. The highest BCUT2D eigenvalue weighted by atomic mass is 79.9. The fourth-order valence-electron chi connectivity index (χ4n) is 3.72. The summed E-state index contributed by atoms with van der Waals surface area (Å²) in [5.41, 5.74) is 5.81. The van der Waals surface area contributed by atoms with Crippen LogP contribution in [0.25, 0.3) is 11.8 Å². The lowest BCUT2D eigenvalue weighted by Gasteiger charge is -2.14. The van der Waals surface area contributed by atoms with Crippen LogP contribution < -0.4 is 0 Å². The second-order valence-electron chi connectivity index (χ2n) is 7.41. The number of hydrogen-bond donors (Lipinski definition) is 0. The van der Waals surface area contributed by atoms with Crippen molar-refractivity contribution in [1.82, 2.24) is 9.47 Å². The summed E-state index contributed by atoms with van der Waals surface area (Å²) >= 11 is 10.8. The molecule has 0 radical (unpaired) electrons. The van der Waals surface area contributed by atoms with Crippen LogP contribution >= 0.6 is 39.3 Å². The van der Waals surface area contributed by atoms with E-state index in [1.165, 1.54) is 4.90 Å². The number of imide groups is 1. The van der Waals surface area contributed by atoms with E-state index in [0.29, 0.717) is 9.93 Å². The fourth-order valence-corrected chi connectivity index (χ4v) is 5.13. The van der Waals surface area contributed by atoms with Crippen molar-refractivity contribution in [2.24, 2.45) is 0 Å². The van der Waals surface area contributed by atoms with Gasteiger partial charge in [0.1, 0.15) is 0 Å². The third kappa shape index (κ3) is 4.12. The number of halogens is 2. The molecule has 0 N–H and O–H groups in total. The second-order valence-corrected chi connectivity index (χ2v) is 9.66. The zero-order chi connectivity index (χ0) is 22.3. The zero-order valence-corrected chi connectivity index (χ0v) is 20.4. The summed E-state index contributed by atoms with van der Waals surface area (Å²) < 4.78 is 3.00. The molecule has 4 rings (SSSR count). The minimum absolute atomic E-state index is 0.240. The van der Waals surface area contributed by atoms with Gasteiger partial charge < -0.3 is 4.57 Å².